The van der Waals surface area contributed by atoms with Gasteiger partial charge in [-0.05, 0) is 52.1 Å². The van der Waals surface area contributed by atoms with Crippen LogP contribution in [0.1, 0.15) is 33.1 Å². The molecule has 0 bridgehead atoms. The fourth-order valence-corrected chi connectivity index (χ4v) is 6.14. The van der Waals surface area contributed by atoms with E-state index in [1.54, 1.807) is 26.4 Å². The van der Waals surface area contributed by atoms with Gasteiger partial charge < -0.3 is 9.47 Å². The molecule has 38 heavy (non-hydrogen) atoms. The Morgan fingerprint density at radius 1 is 0.921 bits per heavy atom. The van der Waals surface area contributed by atoms with E-state index in [0.717, 1.165) is 28.5 Å². The molecule has 0 fully saturated rings. The number of nitrogens with one attached hydrogen (secondary N) is 1. The van der Waals surface area contributed by atoms with Crippen molar-refractivity contribution in [1.29, 1.82) is 0 Å². The van der Waals surface area contributed by atoms with Crippen LogP contribution in [-0.2, 0) is 16.4 Å². The maximum absolute atomic E-state index is 13.1. The van der Waals surface area contributed by atoms with Gasteiger partial charge in [0.15, 0.2) is 11.5 Å². The van der Waals surface area contributed by atoms with Gasteiger partial charge in [0, 0.05) is 18.7 Å². The van der Waals surface area contributed by atoms with Crippen LogP contribution in [0.4, 0.5) is 0 Å². The summed E-state index contributed by atoms with van der Waals surface area (Å²) in [4.78, 5) is 15.1. The molecular weight excluding hydrogens is 500 g/mol. The third kappa shape index (κ3) is 5.23. The summed E-state index contributed by atoms with van der Waals surface area (Å²) in [5, 5.41) is 1.59. The van der Waals surface area contributed by atoms with Gasteiger partial charge in [0.2, 0.25) is 10.0 Å². The predicted octanol–water partition coefficient (Wildman–Crippen LogP) is 4.56. The van der Waals surface area contributed by atoms with Crippen molar-refractivity contribution in [2.45, 2.75) is 12.5 Å². The topological polar surface area (TPSA) is 84.9 Å². The lowest BCUT2D eigenvalue weighted by Gasteiger charge is -2.38. The largest absolute Gasteiger partial charge is 0.493 e. The molecule has 7 nitrogen and oxygen atoms in total. The van der Waals surface area contributed by atoms with Crippen LogP contribution in [0.3, 0.4) is 0 Å². The molecule has 1 atom stereocenters. The monoisotopic (exact) mass is 530 g/mol. The van der Waals surface area contributed by atoms with Crippen LogP contribution in [0, 0.1) is 0 Å². The van der Waals surface area contributed by atoms with Crippen LogP contribution in [0.5, 0.6) is 11.5 Å². The minimum absolute atomic E-state index is 0.163. The molecule has 0 aromatic heterocycles. The van der Waals surface area contributed by atoms with Gasteiger partial charge >= 0.3 is 0 Å². The standard InChI is InChI=1S/C30H30N2O5S/c1-36-27-19-23-15-16-32(29(22-10-4-3-5-11-22)26(23)20-28(27)37-2)17-18-38(34,35)31-30(33)25-14-8-12-21-9-6-7-13-24(21)25/h3-14,19-20,29H,15-18H2,1-2H3,(H,31,33). The average molecular weight is 531 g/mol. The molecule has 5 rings (SSSR count). The van der Waals surface area contributed by atoms with Crippen molar-refractivity contribution in [3.63, 3.8) is 0 Å². The summed E-state index contributed by atoms with van der Waals surface area (Å²) >= 11 is 0. The smallest absolute Gasteiger partial charge is 0.265 e. The van der Waals surface area contributed by atoms with E-state index in [9.17, 15) is 13.2 Å². The fourth-order valence-electron chi connectivity index (χ4n) is 5.17. The van der Waals surface area contributed by atoms with Crippen molar-refractivity contribution in [1.82, 2.24) is 9.62 Å². The van der Waals surface area contributed by atoms with Gasteiger partial charge in [0.25, 0.3) is 5.91 Å². The molecule has 0 spiro atoms. The Bertz CT molecular complexity index is 1570. The summed E-state index contributed by atoms with van der Waals surface area (Å²) in [5.41, 5.74) is 3.58. The number of carbonyl (C=O) groups excluding carboxylic acids is 1. The molecule has 1 N–H and O–H groups in total. The van der Waals surface area contributed by atoms with Crippen molar-refractivity contribution < 1.29 is 22.7 Å². The molecule has 1 aliphatic rings. The van der Waals surface area contributed by atoms with Gasteiger partial charge in [0.1, 0.15) is 0 Å². The Hall–Kier alpha value is -3.88. The molecule has 1 amide bonds. The molecule has 1 heterocycles. The van der Waals surface area contributed by atoms with E-state index < -0.39 is 15.9 Å². The first-order valence-electron chi connectivity index (χ1n) is 12.5. The Labute approximate surface area is 223 Å². The van der Waals surface area contributed by atoms with Crippen molar-refractivity contribution in [3.05, 3.63) is 107 Å². The summed E-state index contributed by atoms with van der Waals surface area (Å²) in [6, 6.07) is 26.5. The van der Waals surface area contributed by atoms with Crippen molar-refractivity contribution in [2.75, 3.05) is 33.1 Å². The van der Waals surface area contributed by atoms with Crippen molar-refractivity contribution >= 4 is 26.7 Å². The van der Waals surface area contributed by atoms with Crippen molar-refractivity contribution in [2.24, 2.45) is 0 Å². The Kier molecular flexibility index (Phi) is 7.35. The zero-order valence-electron chi connectivity index (χ0n) is 21.4. The Morgan fingerprint density at radius 2 is 1.61 bits per heavy atom. The summed E-state index contributed by atoms with van der Waals surface area (Å²) in [7, 11) is -0.668. The third-order valence-electron chi connectivity index (χ3n) is 7.02. The molecule has 4 aromatic carbocycles. The molecule has 0 aliphatic carbocycles. The van der Waals surface area contributed by atoms with E-state index in [2.05, 4.69) is 9.62 Å². The highest BCUT2D eigenvalue weighted by molar-refractivity contribution is 7.90. The first-order chi connectivity index (χ1) is 18.4. The lowest BCUT2D eigenvalue weighted by atomic mass is 9.87. The van der Waals surface area contributed by atoms with Crippen molar-refractivity contribution in [3.8, 4) is 11.5 Å². The number of sulfonamides is 1. The SMILES string of the molecule is COc1cc2c(cc1OC)C(c1ccccc1)N(CCS(=O)(=O)NC(=O)c1cccc3ccccc13)CC2. The molecule has 1 unspecified atom stereocenters. The quantitative estimate of drug-likeness (QED) is 0.359. The highest BCUT2D eigenvalue weighted by Crippen LogP contribution is 2.40. The van der Waals surface area contributed by atoms with Gasteiger partial charge in [-0.15, -0.1) is 0 Å². The minimum Gasteiger partial charge on any atom is -0.493 e. The summed E-state index contributed by atoms with van der Waals surface area (Å²) in [5.74, 6) is 0.464. The zero-order valence-corrected chi connectivity index (χ0v) is 22.2. The van der Waals surface area contributed by atoms with E-state index in [0.29, 0.717) is 29.0 Å². The van der Waals surface area contributed by atoms with Crippen LogP contribution in [0.25, 0.3) is 10.8 Å². The van der Waals surface area contributed by atoms with E-state index in [4.69, 9.17) is 9.47 Å². The number of nitrogens with zero attached hydrogens (tertiary/aromatic N) is 1. The zero-order chi connectivity index (χ0) is 26.7. The maximum Gasteiger partial charge on any atom is 0.265 e. The molecule has 196 valence electrons. The molecule has 0 saturated carbocycles. The van der Waals surface area contributed by atoms with E-state index in [1.807, 2.05) is 72.8 Å². The number of fused-ring (bicyclic) bond motifs is 2. The van der Waals surface area contributed by atoms with Gasteiger partial charge in [0.05, 0.1) is 26.0 Å². The Morgan fingerprint density at radius 3 is 2.37 bits per heavy atom. The number of ether oxygens (including phenoxy) is 2. The van der Waals surface area contributed by atoms with Crippen LogP contribution < -0.4 is 14.2 Å². The number of methoxy groups -OCH3 is 2. The van der Waals surface area contributed by atoms with E-state index in [1.165, 1.54) is 0 Å². The van der Waals surface area contributed by atoms with Gasteiger partial charge in [-0.3, -0.25) is 9.69 Å². The highest BCUT2D eigenvalue weighted by Gasteiger charge is 2.31. The fraction of sp³-hybridized carbons (Fsp3) is 0.233. The second-order valence-electron chi connectivity index (χ2n) is 9.28. The molecule has 0 saturated heterocycles. The number of hydrogen-bond donors (Lipinski definition) is 1. The van der Waals surface area contributed by atoms with Gasteiger partial charge in [-0.2, -0.15) is 0 Å². The first kappa shape index (κ1) is 25.8. The molecule has 0 radical (unpaired) electrons. The number of carbonyl (C=O) groups is 1. The van der Waals surface area contributed by atoms with Crippen LogP contribution in [0.15, 0.2) is 84.9 Å². The normalized spacial score (nSPS) is 15.6. The van der Waals surface area contributed by atoms with Gasteiger partial charge in [-0.1, -0.05) is 66.7 Å². The second kappa shape index (κ2) is 10.8. The number of hydrogen-bond acceptors (Lipinski definition) is 6. The summed E-state index contributed by atoms with van der Waals surface area (Å²) in [6.07, 6.45) is 0.738. The van der Waals surface area contributed by atoms with Crippen LogP contribution in [0.2, 0.25) is 0 Å². The van der Waals surface area contributed by atoms with Crippen LogP contribution in [-0.4, -0.2) is 52.3 Å². The van der Waals surface area contributed by atoms with Crippen LogP contribution >= 0.6 is 0 Å². The average Bonchev–Trinajstić information content (AvgIpc) is 2.94. The minimum atomic E-state index is -3.89. The number of amides is 1. The maximum atomic E-state index is 13.1. The summed E-state index contributed by atoms with van der Waals surface area (Å²) in [6.45, 7) is 0.917. The third-order valence-corrected chi connectivity index (χ3v) is 8.23. The second-order valence-corrected chi connectivity index (χ2v) is 11.1. The lowest BCUT2D eigenvalue weighted by molar-refractivity contribution is 0.0983. The number of benzene rings is 4. The predicted molar refractivity (Wildman–Crippen MR) is 148 cm³/mol. The molecule has 4 aromatic rings. The summed E-state index contributed by atoms with van der Waals surface area (Å²) < 4.78 is 39.5. The molecular formula is C30H30N2O5S. The molecule has 1 aliphatic heterocycles. The van der Waals surface area contributed by atoms with Gasteiger partial charge in [-0.25, -0.2) is 13.1 Å². The van der Waals surface area contributed by atoms with E-state index in [-0.39, 0.29) is 18.3 Å². The lowest BCUT2D eigenvalue weighted by Crippen LogP contribution is -2.42. The number of rotatable bonds is 8. The molecule has 8 heteroatoms. The Balaban J connectivity index is 1.39. The first-order valence-corrected chi connectivity index (χ1v) is 14.1. The van der Waals surface area contributed by atoms with E-state index >= 15 is 0 Å². The highest BCUT2D eigenvalue weighted by atomic mass is 32.2.